The van der Waals surface area contributed by atoms with Crippen LogP contribution in [0.3, 0.4) is 0 Å². The first-order chi connectivity index (χ1) is 9.55. The van der Waals surface area contributed by atoms with Crippen LogP contribution >= 0.6 is 23.4 Å². The summed E-state index contributed by atoms with van der Waals surface area (Å²) in [7, 11) is 0. The zero-order valence-corrected chi connectivity index (χ0v) is 13.1. The molecule has 0 spiro atoms. The van der Waals surface area contributed by atoms with E-state index in [-0.39, 0.29) is 5.82 Å². The van der Waals surface area contributed by atoms with Gasteiger partial charge in [-0.15, -0.1) is 11.8 Å². The minimum Gasteiger partial charge on any atom is -0.399 e. The number of nitrogens with two attached hydrogens (primary N) is 1. The average Bonchev–Trinajstić information content (AvgIpc) is 2.71. The molecular formula is C14H17ClFN3S. The van der Waals surface area contributed by atoms with Gasteiger partial charge in [0.2, 0.25) is 0 Å². The molecule has 1 aromatic carbocycles. The Bertz CT molecular complexity index is 592. The first kappa shape index (κ1) is 15.2. The SMILES string of the molecule is CCc1nn(CC)c(CSc2cc(N)cc(F)c2)c1Cl. The fourth-order valence-electron chi connectivity index (χ4n) is 1.97. The van der Waals surface area contributed by atoms with Crippen molar-refractivity contribution in [1.29, 1.82) is 0 Å². The van der Waals surface area contributed by atoms with E-state index in [4.69, 9.17) is 17.3 Å². The summed E-state index contributed by atoms with van der Waals surface area (Å²) >= 11 is 7.85. The van der Waals surface area contributed by atoms with Crippen LogP contribution in [0.25, 0.3) is 0 Å². The molecule has 0 bridgehead atoms. The molecule has 3 nitrogen and oxygen atoms in total. The van der Waals surface area contributed by atoms with Crippen molar-refractivity contribution in [1.82, 2.24) is 9.78 Å². The molecule has 2 rings (SSSR count). The van der Waals surface area contributed by atoms with Crippen molar-refractivity contribution in [3.63, 3.8) is 0 Å². The Morgan fingerprint density at radius 3 is 2.70 bits per heavy atom. The first-order valence-electron chi connectivity index (χ1n) is 6.48. The molecule has 108 valence electrons. The third-order valence-electron chi connectivity index (χ3n) is 2.96. The molecule has 0 atom stereocenters. The Labute approximate surface area is 127 Å². The Hall–Kier alpha value is -1.20. The van der Waals surface area contributed by atoms with Crippen LogP contribution in [-0.2, 0) is 18.7 Å². The van der Waals surface area contributed by atoms with E-state index in [9.17, 15) is 4.39 Å². The zero-order chi connectivity index (χ0) is 14.7. The predicted octanol–water partition coefficient (Wildman–Crippen LogP) is 4.13. The summed E-state index contributed by atoms with van der Waals surface area (Å²) in [5, 5.41) is 5.18. The van der Waals surface area contributed by atoms with E-state index in [2.05, 4.69) is 5.10 Å². The minimum absolute atomic E-state index is 0.322. The van der Waals surface area contributed by atoms with Crippen molar-refractivity contribution in [2.24, 2.45) is 0 Å². The van der Waals surface area contributed by atoms with Crippen molar-refractivity contribution in [2.75, 3.05) is 5.73 Å². The lowest BCUT2D eigenvalue weighted by Gasteiger charge is -2.06. The predicted molar refractivity (Wildman–Crippen MR) is 82.7 cm³/mol. The highest BCUT2D eigenvalue weighted by Crippen LogP contribution is 2.30. The van der Waals surface area contributed by atoms with E-state index in [0.717, 1.165) is 29.2 Å². The molecule has 0 aliphatic carbocycles. The van der Waals surface area contributed by atoms with Crippen molar-refractivity contribution in [3.05, 3.63) is 40.4 Å². The highest BCUT2D eigenvalue weighted by atomic mass is 35.5. The highest BCUT2D eigenvalue weighted by molar-refractivity contribution is 7.98. The topological polar surface area (TPSA) is 43.8 Å². The van der Waals surface area contributed by atoms with Crippen molar-refractivity contribution >= 4 is 29.1 Å². The lowest BCUT2D eigenvalue weighted by atomic mass is 10.3. The molecular weight excluding hydrogens is 297 g/mol. The number of benzene rings is 1. The monoisotopic (exact) mass is 313 g/mol. The van der Waals surface area contributed by atoms with E-state index >= 15 is 0 Å². The number of aromatic nitrogens is 2. The summed E-state index contributed by atoms with van der Waals surface area (Å²) in [4.78, 5) is 0.792. The highest BCUT2D eigenvalue weighted by Gasteiger charge is 2.14. The van der Waals surface area contributed by atoms with E-state index < -0.39 is 0 Å². The molecule has 0 aliphatic rings. The molecule has 1 heterocycles. The van der Waals surface area contributed by atoms with Crippen LogP contribution < -0.4 is 5.73 Å². The normalized spacial score (nSPS) is 11.0. The number of nitrogens with zero attached hydrogens (tertiary/aromatic N) is 2. The maximum absolute atomic E-state index is 13.3. The Morgan fingerprint density at radius 2 is 2.10 bits per heavy atom. The molecule has 0 saturated heterocycles. The van der Waals surface area contributed by atoms with Gasteiger partial charge >= 0.3 is 0 Å². The fraction of sp³-hybridized carbons (Fsp3) is 0.357. The van der Waals surface area contributed by atoms with Gasteiger partial charge in [-0.1, -0.05) is 18.5 Å². The molecule has 0 unspecified atom stereocenters. The minimum atomic E-state index is -0.322. The number of hydrogen-bond acceptors (Lipinski definition) is 3. The number of nitrogen functional groups attached to an aromatic ring is 1. The number of thioether (sulfide) groups is 1. The van der Waals surface area contributed by atoms with E-state index in [0.29, 0.717) is 16.5 Å². The number of hydrogen-bond donors (Lipinski definition) is 1. The van der Waals surface area contributed by atoms with Gasteiger partial charge in [0, 0.05) is 22.9 Å². The van der Waals surface area contributed by atoms with Crippen molar-refractivity contribution in [3.8, 4) is 0 Å². The Kier molecular flexibility index (Phi) is 4.94. The average molecular weight is 314 g/mol. The number of anilines is 1. The van der Waals surface area contributed by atoms with Gasteiger partial charge in [-0.3, -0.25) is 4.68 Å². The van der Waals surface area contributed by atoms with E-state index in [1.165, 1.54) is 23.9 Å². The molecule has 0 fully saturated rings. The van der Waals surface area contributed by atoms with Crippen molar-refractivity contribution < 1.29 is 4.39 Å². The van der Waals surface area contributed by atoms with Gasteiger partial charge in [0.25, 0.3) is 0 Å². The maximum atomic E-state index is 13.3. The molecule has 1 aromatic heterocycles. The smallest absolute Gasteiger partial charge is 0.126 e. The van der Waals surface area contributed by atoms with E-state index in [1.54, 1.807) is 6.07 Å². The van der Waals surface area contributed by atoms with Gasteiger partial charge < -0.3 is 5.73 Å². The van der Waals surface area contributed by atoms with Crippen LogP contribution in [0.5, 0.6) is 0 Å². The van der Waals surface area contributed by atoms with Crippen LogP contribution in [0.15, 0.2) is 23.1 Å². The summed E-state index contributed by atoms with van der Waals surface area (Å²) in [6, 6.07) is 4.54. The standard InChI is InChI=1S/C14H17ClFN3S/c1-3-12-14(15)13(19(4-2)18-12)8-20-11-6-9(16)5-10(17)7-11/h5-7H,3-4,8,17H2,1-2H3. The van der Waals surface area contributed by atoms with Crippen LogP contribution in [-0.4, -0.2) is 9.78 Å². The van der Waals surface area contributed by atoms with E-state index in [1.807, 2.05) is 18.5 Å². The van der Waals surface area contributed by atoms with Gasteiger partial charge in [0.1, 0.15) is 5.82 Å². The molecule has 0 amide bonds. The second-order valence-corrected chi connectivity index (χ2v) is 5.81. The van der Waals surface area contributed by atoms with Gasteiger partial charge in [0.05, 0.1) is 16.4 Å². The Balaban J connectivity index is 2.20. The summed E-state index contributed by atoms with van der Waals surface area (Å²) < 4.78 is 15.2. The molecule has 6 heteroatoms. The van der Waals surface area contributed by atoms with Gasteiger partial charge in [0.15, 0.2) is 0 Å². The van der Waals surface area contributed by atoms with Gasteiger partial charge in [-0.05, 0) is 31.5 Å². The molecule has 0 aliphatic heterocycles. The first-order valence-corrected chi connectivity index (χ1v) is 7.84. The molecule has 0 radical (unpaired) electrons. The third kappa shape index (κ3) is 3.27. The maximum Gasteiger partial charge on any atom is 0.126 e. The number of rotatable bonds is 5. The summed E-state index contributed by atoms with van der Waals surface area (Å²) in [5.41, 5.74) is 7.95. The number of aryl methyl sites for hydroxylation is 2. The van der Waals surface area contributed by atoms with Crippen LogP contribution in [0.1, 0.15) is 25.2 Å². The summed E-state index contributed by atoms with van der Waals surface area (Å²) in [5.74, 6) is 0.319. The molecule has 2 aromatic rings. The molecule has 0 saturated carbocycles. The fourth-order valence-corrected chi connectivity index (χ4v) is 3.40. The lowest BCUT2D eigenvalue weighted by Crippen LogP contribution is -2.02. The second kappa shape index (κ2) is 6.50. The van der Waals surface area contributed by atoms with Gasteiger partial charge in [-0.2, -0.15) is 5.10 Å². The lowest BCUT2D eigenvalue weighted by molar-refractivity contribution is 0.624. The number of halogens is 2. The van der Waals surface area contributed by atoms with Crippen LogP contribution in [0.2, 0.25) is 5.02 Å². The largest absolute Gasteiger partial charge is 0.399 e. The third-order valence-corrected chi connectivity index (χ3v) is 4.39. The second-order valence-electron chi connectivity index (χ2n) is 4.39. The van der Waals surface area contributed by atoms with Crippen molar-refractivity contribution in [2.45, 2.75) is 37.5 Å². The molecule has 2 N–H and O–H groups in total. The Morgan fingerprint density at radius 1 is 1.35 bits per heavy atom. The van der Waals surface area contributed by atoms with Crippen LogP contribution in [0, 0.1) is 5.82 Å². The summed E-state index contributed by atoms with van der Waals surface area (Å²) in [6.07, 6.45) is 0.802. The summed E-state index contributed by atoms with van der Waals surface area (Å²) in [6.45, 7) is 4.82. The van der Waals surface area contributed by atoms with Crippen LogP contribution in [0.4, 0.5) is 10.1 Å². The quantitative estimate of drug-likeness (QED) is 0.666. The molecule has 20 heavy (non-hydrogen) atoms. The zero-order valence-electron chi connectivity index (χ0n) is 11.5. The van der Waals surface area contributed by atoms with Gasteiger partial charge in [-0.25, -0.2) is 4.39 Å².